The molecule has 0 saturated heterocycles. The molecule has 8 nitrogen and oxygen atoms in total. The van der Waals surface area contributed by atoms with Gasteiger partial charge in [0.1, 0.15) is 23.9 Å². The molecule has 190 valence electrons. The molecule has 1 amide bonds. The van der Waals surface area contributed by atoms with Crippen LogP contribution in [0, 0.1) is 5.41 Å². The van der Waals surface area contributed by atoms with Crippen LogP contribution in [-0.4, -0.2) is 40.0 Å². The summed E-state index contributed by atoms with van der Waals surface area (Å²) in [4.78, 5) is 27.5. The summed E-state index contributed by atoms with van der Waals surface area (Å²) in [6, 6.07) is 13.4. The first-order valence-corrected chi connectivity index (χ1v) is 10.6. The smallest absolute Gasteiger partial charge is 0.505 e. The first-order chi connectivity index (χ1) is 16.8. The number of carboxylic acids is 1. The number of rotatable bonds is 9. The number of halogens is 3. The van der Waals surface area contributed by atoms with Gasteiger partial charge in [-0.15, -0.1) is 13.2 Å². The van der Waals surface area contributed by atoms with Crippen molar-refractivity contribution in [1.29, 1.82) is 0 Å². The summed E-state index contributed by atoms with van der Waals surface area (Å²) in [5, 5.41) is 21.9. The van der Waals surface area contributed by atoms with E-state index in [9.17, 15) is 27.9 Å². The zero-order valence-corrected chi connectivity index (χ0v) is 19.3. The Morgan fingerprint density at radius 3 is 2.28 bits per heavy atom. The molecular weight excluding hydrogens is 481 g/mol. The minimum absolute atomic E-state index is 0.118. The van der Waals surface area contributed by atoms with E-state index in [-0.39, 0.29) is 30.3 Å². The average molecular weight is 504 g/mol. The van der Waals surface area contributed by atoms with Gasteiger partial charge >= 0.3 is 12.3 Å². The molecule has 0 aliphatic rings. The van der Waals surface area contributed by atoms with Gasteiger partial charge in [-0.05, 0) is 61.4 Å². The highest BCUT2D eigenvalue weighted by Crippen LogP contribution is 2.27. The Bertz CT molecular complexity index is 1240. The number of ether oxygens (including phenoxy) is 2. The van der Waals surface area contributed by atoms with Crippen LogP contribution in [0.15, 0.2) is 60.8 Å². The van der Waals surface area contributed by atoms with E-state index in [4.69, 9.17) is 9.84 Å². The second kappa shape index (κ2) is 10.5. The van der Waals surface area contributed by atoms with Crippen molar-refractivity contribution in [1.82, 2.24) is 10.3 Å². The summed E-state index contributed by atoms with van der Waals surface area (Å²) >= 11 is 0. The molecule has 36 heavy (non-hydrogen) atoms. The Morgan fingerprint density at radius 1 is 1.00 bits per heavy atom. The van der Waals surface area contributed by atoms with Crippen LogP contribution in [0.2, 0.25) is 0 Å². The molecule has 0 aliphatic heterocycles. The number of aromatic hydroxyl groups is 1. The molecule has 0 fully saturated rings. The van der Waals surface area contributed by atoms with Gasteiger partial charge in [0.05, 0.1) is 5.41 Å². The van der Waals surface area contributed by atoms with Crippen LogP contribution >= 0.6 is 0 Å². The highest BCUT2D eigenvalue weighted by Gasteiger charge is 2.31. The SMILES string of the molecule is CC(C)(CNC(=O)c1ncc(-c2cccc(COc3ccc(OC(F)(F)F)cc3)c2)cc1O)C(=O)O. The second-order valence-electron chi connectivity index (χ2n) is 8.47. The molecule has 3 N–H and O–H groups in total. The summed E-state index contributed by atoms with van der Waals surface area (Å²) in [5.41, 5.74) is 0.502. The molecular formula is C25H23F3N2O6. The second-order valence-corrected chi connectivity index (χ2v) is 8.47. The Labute approximate surface area is 204 Å². The number of nitrogens with zero attached hydrogens (tertiary/aromatic N) is 1. The first-order valence-electron chi connectivity index (χ1n) is 10.6. The summed E-state index contributed by atoms with van der Waals surface area (Å²) in [5.74, 6) is -2.17. The molecule has 0 spiro atoms. The fraction of sp³-hybridized carbons (Fsp3) is 0.240. The van der Waals surface area contributed by atoms with E-state index in [1.54, 1.807) is 24.3 Å². The quantitative estimate of drug-likeness (QED) is 0.384. The number of pyridine rings is 1. The fourth-order valence-electron chi connectivity index (χ4n) is 2.99. The number of amides is 1. The lowest BCUT2D eigenvalue weighted by atomic mass is 9.94. The largest absolute Gasteiger partial charge is 0.573 e. The van der Waals surface area contributed by atoms with E-state index in [1.807, 2.05) is 0 Å². The number of alkyl halides is 3. The topological polar surface area (TPSA) is 118 Å². The van der Waals surface area contributed by atoms with Crippen LogP contribution in [0.25, 0.3) is 11.1 Å². The third kappa shape index (κ3) is 7.11. The third-order valence-corrected chi connectivity index (χ3v) is 5.08. The maximum Gasteiger partial charge on any atom is 0.573 e. The van der Waals surface area contributed by atoms with Crippen molar-refractivity contribution in [3.63, 3.8) is 0 Å². The van der Waals surface area contributed by atoms with E-state index in [2.05, 4.69) is 15.0 Å². The summed E-state index contributed by atoms with van der Waals surface area (Å²) in [7, 11) is 0. The van der Waals surface area contributed by atoms with Gasteiger partial charge in [0.25, 0.3) is 5.91 Å². The third-order valence-electron chi connectivity index (χ3n) is 5.08. The van der Waals surface area contributed by atoms with Crippen LogP contribution in [0.5, 0.6) is 17.2 Å². The highest BCUT2D eigenvalue weighted by molar-refractivity contribution is 5.95. The van der Waals surface area contributed by atoms with E-state index in [0.717, 1.165) is 17.7 Å². The Hall–Kier alpha value is -4.28. The van der Waals surface area contributed by atoms with Crippen molar-refractivity contribution in [2.24, 2.45) is 5.41 Å². The van der Waals surface area contributed by atoms with Gasteiger partial charge in [-0.2, -0.15) is 0 Å². The Kier molecular flexibility index (Phi) is 7.71. The normalized spacial score (nSPS) is 11.6. The van der Waals surface area contributed by atoms with E-state index in [1.165, 1.54) is 38.2 Å². The van der Waals surface area contributed by atoms with E-state index >= 15 is 0 Å². The van der Waals surface area contributed by atoms with E-state index < -0.39 is 23.7 Å². The number of carbonyl (C=O) groups excluding carboxylic acids is 1. The average Bonchev–Trinajstić information content (AvgIpc) is 2.81. The molecule has 0 atom stereocenters. The molecule has 0 aliphatic carbocycles. The molecule has 0 unspecified atom stereocenters. The van der Waals surface area contributed by atoms with Gasteiger partial charge in [-0.3, -0.25) is 9.59 Å². The molecule has 3 aromatic rings. The predicted molar refractivity (Wildman–Crippen MR) is 123 cm³/mol. The van der Waals surface area contributed by atoms with Crippen molar-refractivity contribution >= 4 is 11.9 Å². The maximum atomic E-state index is 12.3. The van der Waals surface area contributed by atoms with Gasteiger partial charge in [0.2, 0.25) is 0 Å². The van der Waals surface area contributed by atoms with Crippen molar-refractivity contribution < 1.29 is 42.4 Å². The lowest BCUT2D eigenvalue weighted by molar-refractivity contribution is -0.274. The van der Waals surface area contributed by atoms with Crippen LogP contribution in [0.3, 0.4) is 0 Å². The highest BCUT2D eigenvalue weighted by atomic mass is 19.4. The van der Waals surface area contributed by atoms with Gasteiger partial charge in [-0.25, -0.2) is 4.98 Å². The molecule has 2 aromatic carbocycles. The van der Waals surface area contributed by atoms with Crippen LogP contribution in [-0.2, 0) is 11.4 Å². The zero-order valence-electron chi connectivity index (χ0n) is 19.3. The minimum atomic E-state index is -4.77. The van der Waals surface area contributed by atoms with Gasteiger partial charge in [-0.1, -0.05) is 18.2 Å². The molecule has 0 saturated carbocycles. The molecule has 0 bridgehead atoms. The Morgan fingerprint density at radius 2 is 1.67 bits per heavy atom. The number of carboxylic acid groups (broad SMARTS) is 1. The molecule has 0 radical (unpaired) electrons. The molecule has 3 rings (SSSR count). The van der Waals surface area contributed by atoms with Gasteiger partial charge < -0.3 is 25.0 Å². The number of hydrogen-bond donors (Lipinski definition) is 3. The monoisotopic (exact) mass is 504 g/mol. The van der Waals surface area contributed by atoms with Crippen LogP contribution < -0.4 is 14.8 Å². The maximum absolute atomic E-state index is 12.3. The number of aliphatic carboxylic acids is 1. The number of carbonyl (C=O) groups is 2. The van der Waals surface area contributed by atoms with Crippen molar-refractivity contribution in [3.8, 4) is 28.4 Å². The Balaban J connectivity index is 1.65. The van der Waals surface area contributed by atoms with Gasteiger partial charge in [0, 0.05) is 18.3 Å². The van der Waals surface area contributed by atoms with Crippen LogP contribution in [0.4, 0.5) is 13.2 Å². The van der Waals surface area contributed by atoms with Gasteiger partial charge in [0.15, 0.2) is 5.69 Å². The van der Waals surface area contributed by atoms with Crippen molar-refractivity contribution in [3.05, 3.63) is 72.1 Å². The number of benzene rings is 2. The minimum Gasteiger partial charge on any atom is -0.505 e. The number of aromatic nitrogens is 1. The van der Waals surface area contributed by atoms with Crippen LogP contribution in [0.1, 0.15) is 29.9 Å². The lowest BCUT2D eigenvalue weighted by Crippen LogP contribution is -2.39. The molecule has 1 heterocycles. The van der Waals surface area contributed by atoms with E-state index in [0.29, 0.717) is 16.9 Å². The number of nitrogens with one attached hydrogen (secondary N) is 1. The van der Waals surface area contributed by atoms with Crippen molar-refractivity contribution in [2.75, 3.05) is 6.54 Å². The molecule has 11 heteroatoms. The standard InChI is InChI=1S/C25H23F3N2O6/c1-24(2,23(33)34)14-30-22(32)21-20(31)11-17(12-29-21)16-5-3-4-15(10-16)13-35-18-6-8-19(9-7-18)36-25(26,27)28/h3-12,31H,13-14H2,1-2H3,(H,30,32)(H,33,34). The predicted octanol–water partition coefficient (Wildman–Crippen LogP) is 4.77. The summed E-state index contributed by atoms with van der Waals surface area (Å²) < 4.78 is 46.2. The lowest BCUT2D eigenvalue weighted by Gasteiger charge is -2.19. The number of hydrogen-bond acceptors (Lipinski definition) is 6. The van der Waals surface area contributed by atoms with Crippen molar-refractivity contribution in [2.45, 2.75) is 26.8 Å². The fourth-order valence-corrected chi connectivity index (χ4v) is 2.99. The molecule has 1 aromatic heterocycles. The summed E-state index contributed by atoms with van der Waals surface area (Å²) in [6.45, 7) is 2.89. The first kappa shape index (κ1) is 26.3. The summed E-state index contributed by atoms with van der Waals surface area (Å²) in [6.07, 6.45) is -3.37. The zero-order chi connectivity index (χ0) is 26.5.